The van der Waals surface area contributed by atoms with Gasteiger partial charge >= 0.3 is 5.97 Å². The van der Waals surface area contributed by atoms with Gasteiger partial charge in [-0.05, 0) is 45.7 Å². The normalized spacial score (nSPS) is 22.1. The number of amides is 2. The van der Waals surface area contributed by atoms with Crippen LogP contribution < -0.4 is 5.32 Å². The summed E-state index contributed by atoms with van der Waals surface area (Å²) in [6, 6.07) is 0. The number of piperidine rings is 2. The van der Waals surface area contributed by atoms with Crippen LogP contribution in [0, 0.1) is 11.8 Å². The van der Waals surface area contributed by atoms with Crippen molar-refractivity contribution in [1.29, 1.82) is 0 Å². The maximum Gasteiger partial charge on any atom is 0.310 e. The van der Waals surface area contributed by atoms with E-state index in [0.717, 1.165) is 38.8 Å². The maximum atomic E-state index is 12.5. The number of rotatable bonds is 5. The van der Waals surface area contributed by atoms with E-state index < -0.39 is 0 Å². The van der Waals surface area contributed by atoms with Crippen LogP contribution in [0.25, 0.3) is 0 Å². The predicted octanol–water partition coefficient (Wildman–Crippen LogP) is 0.246. The third kappa shape index (κ3) is 4.93. The Kier molecular flexibility index (Phi) is 7.02. The smallest absolute Gasteiger partial charge is 0.310 e. The summed E-state index contributed by atoms with van der Waals surface area (Å²) in [5.74, 6) is -0.502. The number of esters is 1. The molecule has 2 saturated heterocycles. The third-order valence-electron chi connectivity index (χ3n) is 4.83. The summed E-state index contributed by atoms with van der Waals surface area (Å²) in [7, 11) is 1.69. The lowest BCUT2D eigenvalue weighted by Gasteiger charge is -2.33. The number of carbonyl (C=O) groups is 3. The summed E-state index contributed by atoms with van der Waals surface area (Å²) in [6.45, 7) is 4.97. The standard InChI is InChI=1S/C17H29N3O4/c1-3-24-17(23)14-5-4-10-20(11-14)15(21)12-19(2)16(22)13-6-8-18-9-7-13/h13-14,18H,3-12H2,1-2H3. The largest absolute Gasteiger partial charge is 0.466 e. The van der Waals surface area contributed by atoms with E-state index in [1.165, 1.54) is 4.90 Å². The van der Waals surface area contributed by atoms with Crippen LogP contribution in [-0.2, 0) is 19.1 Å². The molecule has 0 radical (unpaired) electrons. The molecular formula is C17H29N3O4. The molecule has 2 fully saturated rings. The second-order valence-corrected chi connectivity index (χ2v) is 6.65. The van der Waals surface area contributed by atoms with E-state index in [0.29, 0.717) is 19.7 Å². The zero-order chi connectivity index (χ0) is 17.5. The summed E-state index contributed by atoms with van der Waals surface area (Å²) >= 11 is 0. The molecule has 1 N–H and O–H groups in total. The summed E-state index contributed by atoms with van der Waals surface area (Å²) < 4.78 is 5.06. The van der Waals surface area contributed by atoms with Gasteiger partial charge in [-0.3, -0.25) is 14.4 Å². The van der Waals surface area contributed by atoms with Crippen molar-refractivity contribution in [2.75, 3.05) is 46.4 Å². The van der Waals surface area contributed by atoms with Crippen LogP contribution in [0.4, 0.5) is 0 Å². The predicted molar refractivity (Wildman–Crippen MR) is 89.2 cm³/mol. The molecule has 0 aliphatic carbocycles. The van der Waals surface area contributed by atoms with Gasteiger partial charge in [-0.2, -0.15) is 0 Å². The summed E-state index contributed by atoms with van der Waals surface area (Å²) in [5.41, 5.74) is 0. The van der Waals surface area contributed by atoms with Gasteiger partial charge in [-0.15, -0.1) is 0 Å². The van der Waals surface area contributed by atoms with Crippen molar-refractivity contribution in [2.45, 2.75) is 32.6 Å². The fourth-order valence-corrected chi connectivity index (χ4v) is 3.42. The van der Waals surface area contributed by atoms with Crippen molar-refractivity contribution >= 4 is 17.8 Å². The Hall–Kier alpha value is -1.63. The molecule has 2 heterocycles. The molecule has 0 aromatic heterocycles. The van der Waals surface area contributed by atoms with E-state index >= 15 is 0 Å². The second-order valence-electron chi connectivity index (χ2n) is 6.65. The minimum Gasteiger partial charge on any atom is -0.466 e. The Balaban J connectivity index is 1.84. The van der Waals surface area contributed by atoms with Gasteiger partial charge < -0.3 is 19.9 Å². The molecule has 136 valence electrons. The zero-order valence-electron chi connectivity index (χ0n) is 14.8. The second kappa shape index (κ2) is 9.01. The first-order valence-electron chi connectivity index (χ1n) is 8.93. The van der Waals surface area contributed by atoms with Crippen LogP contribution in [-0.4, -0.2) is 74.0 Å². The van der Waals surface area contributed by atoms with Gasteiger partial charge in [-0.1, -0.05) is 0 Å². The zero-order valence-corrected chi connectivity index (χ0v) is 14.8. The number of ether oxygens (including phenoxy) is 1. The Morgan fingerprint density at radius 3 is 2.54 bits per heavy atom. The molecule has 0 aromatic rings. The first-order valence-corrected chi connectivity index (χ1v) is 8.93. The fourth-order valence-electron chi connectivity index (χ4n) is 3.42. The molecule has 24 heavy (non-hydrogen) atoms. The molecule has 2 aliphatic heterocycles. The lowest BCUT2D eigenvalue weighted by atomic mass is 9.96. The molecule has 1 unspecified atom stereocenters. The van der Waals surface area contributed by atoms with E-state index in [9.17, 15) is 14.4 Å². The van der Waals surface area contributed by atoms with Crippen molar-refractivity contribution in [3.8, 4) is 0 Å². The van der Waals surface area contributed by atoms with Gasteiger partial charge in [-0.25, -0.2) is 0 Å². The number of likely N-dealkylation sites (N-methyl/N-ethyl adjacent to an activating group) is 1. The number of nitrogens with zero attached hydrogens (tertiary/aromatic N) is 2. The average molecular weight is 339 g/mol. The Bertz CT molecular complexity index is 463. The molecule has 0 aromatic carbocycles. The highest BCUT2D eigenvalue weighted by atomic mass is 16.5. The average Bonchev–Trinajstić information content (AvgIpc) is 2.62. The van der Waals surface area contributed by atoms with Gasteiger partial charge in [0.25, 0.3) is 0 Å². The SMILES string of the molecule is CCOC(=O)C1CCCN(C(=O)CN(C)C(=O)C2CCNCC2)C1. The lowest BCUT2D eigenvalue weighted by Crippen LogP contribution is -2.48. The Labute approximate surface area is 143 Å². The lowest BCUT2D eigenvalue weighted by molar-refractivity contribution is -0.152. The van der Waals surface area contributed by atoms with E-state index in [4.69, 9.17) is 4.74 Å². The number of carbonyl (C=O) groups excluding carboxylic acids is 3. The van der Waals surface area contributed by atoms with Crippen LogP contribution in [0.3, 0.4) is 0 Å². The van der Waals surface area contributed by atoms with Gasteiger partial charge in [0.2, 0.25) is 11.8 Å². The van der Waals surface area contributed by atoms with Crippen molar-refractivity contribution in [3.63, 3.8) is 0 Å². The van der Waals surface area contributed by atoms with Crippen LogP contribution in [0.1, 0.15) is 32.6 Å². The van der Waals surface area contributed by atoms with Crippen LogP contribution in [0.2, 0.25) is 0 Å². The topological polar surface area (TPSA) is 79.0 Å². The van der Waals surface area contributed by atoms with Gasteiger partial charge in [0.15, 0.2) is 0 Å². The van der Waals surface area contributed by atoms with Gasteiger partial charge in [0.05, 0.1) is 19.1 Å². The molecule has 2 rings (SSSR count). The number of likely N-dealkylation sites (tertiary alicyclic amines) is 1. The fraction of sp³-hybridized carbons (Fsp3) is 0.824. The van der Waals surface area contributed by atoms with E-state index in [-0.39, 0.29) is 36.2 Å². The van der Waals surface area contributed by atoms with Crippen molar-refractivity contribution in [2.24, 2.45) is 11.8 Å². The van der Waals surface area contributed by atoms with Crippen LogP contribution in [0.15, 0.2) is 0 Å². The van der Waals surface area contributed by atoms with Crippen molar-refractivity contribution in [3.05, 3.63) is 0 Å². The third-order valence-corrected chi connectivity index (χ3v) is 4.83. The quantitative estimate of drug-likeness (QED) is 0.726. The molecule has 2 amide bonds. The molecular weight excluding hydrogens is 310 g/mol. The van der Waals surface area contributed by atoms with Crippen LogP contribution in [0.5, 0.6) is 0 Å². The minimum absolute atomic E-state index is 0.0117. The summed E-state index contributed by atoms with van der Waals surface area (Å²) in [5, 5.41) is 3.24. The summed E-state index contributed by atoms with van der Waals surface area (Å²) in [4.78, 5) is 40.0. The monoisotopic (exact) mass is 339 g/mol. The highest BCUT2D eigenvalue weighted by molar-refractivity contribution is 5.86. The van der Waals surface area contributed by atoms with Crippen molar-refractivity contribution < 1.29 is 19.1 Å². The molecule has 1 atom stereocenters. The van der Waals surface area contributed by atoms with E-state index in [2.05, 4.69) is 5.32 Å². The molecule has 2 aliphatic rings. The van der Waals surface area contributed by atoms with Gasteiger partial charge in [0, 0.05) is 26.1 Å². The van der Waals surface area contributed by atoms with Crippen molar-refractivity contribution in [1.82, 2.24) is 15.1 Å². The highest BCUT2D eigenvalue weighted by Gasteiger charge is 2.31. The minimum atomic E-state index is -0.243. The van der Waals surface area contributed by atoms with Crippen LogP contribution >= 0.6 is 0 Å². The van der Waals surface area contributed by atoms with E-state index in [1.807, 2.05) is 0 Å². The summed E-state index contributed by atoms with van der Waals surface area (Å²) in [6.07, 6.45) is 3.20. The van der Waals surface area contributed by atoms with E-state index in [1.54, 1.807) is 18.9 Å². The Morgan fingerprint density at radius 1 is 1.17 bits per heavy atom. The molecule has 0 spiro atoms. The first kappa shape index (κ1) is 18.7. The number of hydrogen-bond acceptors (Lipinski definition) is 5. The molecule has 7 nitrogen and oxygen atoms in total. The molecule has 7 heteroatoms. The molecule has 0 bridgehead atoms. The van der Waals surface area contributed by atoms with Gasteiger partial charge in [0.1, 0.15) is 0 Å². The number of hydrogen-bond donors (Lipinski definition) is 1. The maximum absolute atomic E-state index is 12.5. The Morgan fingerprint density at radius 2 is 1.88 bits per heavy atom. The first-order chi connectivity index (χ1) is 11.5. The molecule has 0 saturated carbocycles. The highest BCUT2D eigenvalue weighted by Crippen LogP contribution is 2.19. The number of nitrogens with one attached hydrogen (secondary N) is 1.